The smallest absolute Gasteiger partial charge is 0.311 e. The largest absolute Gasteiger partial charge is 0.481 e. The number of nitrogens with one attached hydrogen (secondary N) is 2. The minimum Gasteiger partial charge on any atom is -0.481 e. The van der Waals surface area contributed by atoms with Gasteiger partial charge >= 0.3 is 5.97 Å². The zero-order valence-corrected chi connectivity index (χ0v) is 16.2. The van der Waals surface area contributed by atoms with Gasteiger partial charge in [0.1, 0.15) is 0 Å². The molecule has 1 heterocycles. The van der Waals surface area contributed by atoms with E-state index in [4.69, 9.17) is 4.74 Å². The maximum absolute atomic E-state index is 12.6. The number of aliphatic carboxylic acids is 1. The highest BCUT2D eigenvalue weighted by Gasteiger charge is 2.40. The summed E-state index contributed by atoms with van der Waals surface area (Å²) < 4.78 is 5.25. The molecule has 1 aliphatic heterocycles. The lowest BCUT2D eigenvalue weighted by atomic mass is 9.80. The average Bonchev–Trinajstić information content (AvgIpc) is 2.74. The van der Waals surface area contributed by atoms with Crippen LogP contribution in [0.25, 0.3) is 0 Å². The van der Waals surface area contributed by atoms with Gasteiger partial charge in [-0.2, -0.15) is 0 Å². The van der Waals surface area contributed by atoms with Crippen molar-refractivity contribution in [3.8, 4) is 0 Å². The van der Waals surface area contributed by atoms with Gasteiger partial charge in [-0.15, -0.1) is 0 Å². The zero-order chi connectivity index (χ0) is 20.9. The van der Waals surface area contributed by atoms with Gasteiger partial charge in [0.2, 0.25) is 0 Å². The highest BCUT2D eigenvalue weighted by atomic mass is 16.5. The summed E-state index contributed by atoms with van der Waals surface area (Å²) in [5.74, 6) is -1.58. The third-order valence-electron chi connectivity index (χ3n) is 5.27. The first-order valence-corrected chi connectivity index (χ1v) is 9.48. The molecule has 0 aromatic heterocycles. The van der Waals surface area contributed by atoms with Crippen molar-refractivity contribution in [1.29, 1.82) is 0 Å². The lowest BCUT2D eigenvalue weighted by Gasteiger charge is -2.33. The predicted octanol–water partition coefficient (Wildman–Crippen LogP) is 2.86. The lowest BCUT2D eigenvalue weighted by Crippen LogP contribution is -2.46. The lowest BCUT2D eigenvalue weighted by molar-refractivity contribution is -0.154. The Morgan fingerprint density at radius 1 is 1.00 bits per heavy atom. The van der Waals surface area contributed by atoms with Gasteiger partial charge in [-0.25, -0.2) is 0 Å². The van der Waals surface area contributed by atoms with Gasteiger partial charge in [0.05, 0.1) is 5.41 Å². The Kier molecular flexibility index (Phi) is 6.29. The third kappa shape index (κ3) is 4.81. The molecule has 2 amide bonds. The van der Waals surface area contributed by atoms with E-state index >= 15 is 0 Å². The molecule has 1 saturated heterocycles. The predicted molar refractivity (Wildman–Crippen MR) is 108 cm³/mol. The molecule has 3 rings (SSSR count). The molecule has 0 unspecified atom stereocenters. The van der Waals surface area contributed by atoms with Crippen LogP contribution in [0.15, 0.2) is 48.5 Å². The summed E-state index contributed by atoms with van der Waals surface area (Å²) in [6.45, 7) is 2.60. The Morgan fingerprint density at radius 2 is 1.69 bits per heavy atom. The topological polar surface area (TPSA) is 105 Å². The number of aryl methyl sites for hydroxylation is 1. The summed E-state index contributed by atoms with van der Waals surface area (Å²) in [5, 5.41) is 15.2. The SMILES string of the molecule is Cc1ccc(C(=O)NCC2(C(=O)O)CCOCC2)cc1NC(=O)c1ccccc1. The van der Waals surface area contributed by atoms with Crippen molar-refractivity contribution >= 4 is 23.5 Å². The number of carbonyl (C=O) groups is 3. The van der Waals surface area contributed by atoms with Crippen LogP contribution in [0.1, 0.15) is 39.1 Å². The molecule has 1 aliphatic rings. The van der Waals surface area contributed by atoms with Crippen molar-refractivity contribution in [2.24, 2.45) is 5.41 Å². The van der Waals surface area contributed by atoms with Crippen molar-refractivity contribution in [2.45, 2.75) is 19.8 Å². The zero-order valence-electron chi connectivity index (χ0n) is 16.2. The van der Waals surface area contributed by atoms with E-state index in [1.54, 1.807) is 42.5 Å². The monoisotopic (exact) mass is 396 g/mol. The first-order valence-electron chi connectivity index (χ1n) is 9.48. The number of benzene rings is 2. The molecular weight excluding hydrogens is 372 g/mol. The number of hydrogen-bond donors (Lipinski definition) is 3. The number of carboxylic acid groups (broad SMARTS) is 1. The van der Waals surface area contributed by atoms with Crippen molar-refractivity contribution in [2.75, 3.05) is 25.1 Å². The molecule has 1 fully saturated rings. The van der Waals surface area contributed by atoms with Crippen LogP contribution in [-0.4, -0.2) is 42.6 Å². The minimum atomic E-state index is -1.01. The fourth-order valence-corrected chi connectivity index (χ4v) is 3.26. The van der Waals surface area contributed by atoms with Crippen LogP contribution < -0.4 is 10.6 Å². The maximum Gasteiger partial charge on any atom is 0.311 e. The van der Waals surface area contributed by atoms with Crippen LogP contribution in [-0.2, 0) is 9.53 Å². The van der Waals surface area contributed by atoms with E-state index in [-0.39, 0.29) is 18.4 Å². The second-order valence-corrected chi connectivity index (χ2v) is 7.23. The third-order valence-corrected chi connectivity index (χ3v) is 5.27. The van der Waals surface area contributed by atoms with Crippen molar-refractivity contribution < 1.29 is 24.2 Å². The fraction of sp³-hybridized carbons (Fsp3) is 0.318. The van der Waals surface area contributed by atoms with E-state index in [0.29, 0.717) is 42.9 Å². The van der Waals surface area contributed by atoms with Crippen LogP contribution in [0.4, 0.5) is 5.69 Å². The van der Waals surface area contributed by atoms with E-state index in [1.807, 2.05) is 13.0 Å². The molecule has 3 N–H and O–H groups in total. The molecule has 152 valence electrons. The Hall–Kier alpha value is -3.19. The summed E-state index contributed by atoms with van der Waals surface area (Å²) in [5.41, 5.74) is 1.21. The van der Waals surface area contributed by atoms with E-state index in [2.05, 4.69) is 10.6 Å². The van der Waals surface area contributed by atoms with Crippen molar-refractivity contribution in [1.82, 2.24) is 5.32 Å². The van der Waals surface area contributed by atoms with Gasteiger partial charge in [0.15, 0.2) is 0 Å². The highest BCUT2D eigenvalue weighted by molar-refractivity contribution is 6.05. The van der Waals surface area contributed by atoms with Crippen LogP contribution in [0.2, 0.25) is 0 Å². The molecular formula is C22H24N2O5. The molecule has 2 aromatic carbocycles. The number of carbonyl (C=O) groups excluding carboxylic acids is 2. The first-order chi connectivity index (χ1) is 13.9. The van der Waals surface area contributed by atoms with Gasteiger partial charge in [-0.1, -0.05) is 24.3 Å². The Morgan fingerprint density at radius 3 is 2.34 bits per heavy atom. The van der Waals surface area contributed by atoms with Crippen molar-refractivity contribution in [3.05, 3.63) is 65.2 Å². The van der Waals surface area contributed by atoms with E-state index < -0.39 is 11.4 Å². The molecule has 29 heavy (non-hydrogen) atoms. The number of anilines is 1. The molecule has 0 spiro atoms. The normalized spacial score (nSPS) is 15.3. The van der Waals surface area contributed by atoms with Crippen molar-refractivity contribution in [3.63, 3.8) is 0 Å². The van der Waals surface area contributed by atoms with Gasteiger partial charge < -0.3 is 20.5 Å². The maximum atomic E-state index is 12.6. The minimum absolute atomic E-state index is 0.0319. The summed E-state index contributed by atoms with van der Waals surface area (Å²) in [6.07, 6.45) is 0.712. The standard InChI is InChI=1S/C22H24N2O5/c1-15-7-8-17(13-18(15)24-20(26)16-5-3-2-4-6-16)19(25)23-14-22(21(27)28)9-11-29-12-10-22/h2-8,13H,9-12,14H2,1H3,(H,23,25)(H,24,26)(H,27,28). The molecule has 0 radical (unpaired) electrons. The van der Waals surface area contributed by atoms with Crippen LogP contribution >= 0.6 is 0 Å². The van der Waals surface area contributed by atoms with E-state index in [0.717, 1.165) is 5.56 Å². The number of rotatable bonds is 6. The number of carboxylic acids is 1. The molecule has 0 saturated carbocycles. The molecule has 2 aromatic rings. The number of hydrogen-bond acceptors (Lipinski definition) is 4. The second kappa shape index (κ2) is 8.87. The van der Waals surface area contributed by atoms with Crippen LogP contribution in [0, 0.1) is 12.3 Å². The molecule has 0 bridgehead atoms. The summed E-state index contributed by atoms with van der Waals surface area (Å²) in [7, 11) is 0. The quantitative estimate of drug-likeness (QED) is 0.696. The summed E-state index contributed by atoms with van der Waals surface area (Å²) >= 11 is 0. The fourth-order valence-electron chi connectivity index (χ4n) is 3.26. The molecule has 7 heteroatoms. The molecule has 7 nitrogen and oxygen atoms in total. The molecule has 0 aliphatic carbocycles. The average molecular weight is 396 g/mol. The van der Waals surface area contributed by atoms with Crippen LogP contribution in [0.3, 0.4) is 0 Å². The Balaban J connectivity index is 1.70. The summed E-state index contributed by atoms with van der Waals surface area (Å²) in [6, 6.07) is 13.8. The van der Waals surface area contributed by atoms with E-state index in [1.165, 1.54) is 0 Å². The van der Waals surface area contributed by atoms with Gasteiger partial charge in [0.25, 0.3) is 11.8 Å². The van der Waals surface area contributed by atoms with Gasteiger partial charge in [-0.05, 0) is 49.6 Å². The number of amides is 2. The Labute approximate surface area is 169 Å². The second-order valence-electron chi connectivity index (χ2n) is 7.23. The highest BCUT2D eigenvalue weighted by Crippen LogP contribution is 2.30. The summed E-state index contributed by atoms with van der Waals surface area (Å²) in [4.78, 5) is 36.8. The van der Waals surface area contributed by atoms with Gasteiger partial charge in [-0.3, -0.25) is 14.4 Å². The number of ether oxygens (including phenoxy) is 1. The first kappa shape index (κ1) is 20.5. The Bertz CT molecular complexity index is 905. The van der Waals surface area contributed by atoms with E-state index in [9.17, 15) is 19.5 Å². The van der Waals surface area contributed by atoms with Crippen LogP contribution in [0.5, 0.6) is 0 Å². The van der Waals surface area contributed by atoms with Gasteiger partial charge in [0, 0.05) is 36.6 Å². The molecule has 0 atom stereocenters.